The highest BCUT2D eigenvalue weighted by Crippen LogP contribution is 2.20. The third-order valence-electron chi connectivity index (χ3n) is 3.96. The van der Waals surface area contributed by atoms with Gasteiger partial charge < -0.3 is 15.0 Å². The van der Waals surface area contributed by atoms with E-state index in [2.05, 4.69) is 15.0 Å². The fourth-order valence-electron chi connectivity index (χ4n) is 2.67. The Morgan fingerprint density at radius 2 is 2.00 bits per heavy atom. The maximum atomic E-state index is 13.8. The van der Waals surface area contributed by atoms with Gasteiger partial charge in [0.25, 0.3) is 0 Å². The van der Waals surface area contributed by atoms with Gasteiger partial charge >= 0.3 is 5.97 Å². The van der Waals surface area contributed by atoms with Crippen molar-refractivity contribution in [2.24, 2.45) is 0 Å². The van der Waals surface area contributed by atoms with Gasteiger partial charge in [-0.3, -0.25) is 4.79 Å². The van der Waals surface area contributed by atoms with Crippen molar-refractivity contribution in [3.05, 3.63) is 65.6 Å². The van der Waals surface area contributed by atoms with Crippen molar-refractivity contribution in [1.82, 2.24) is 4.98 Å². The average molecular weight is 340 g/mol. The number of fused-ring (bicyclic) bond motifs is 1. The first-order valence-electron chi connectivity index (χ1n) is 7.81. The average Bonchev–Trinajstić information content (AvgIpc) is 3.04. The Bertz CT molecular complexity index is 933. The Hall–Kier alpha value is -3.15. The minimum atomic E-state index is -0.604. The highest BCUT2D eigenvalue weighted by molar-refractivity contribution is 5.95. The number of esters is 1. The second kappa shape index (κ2) is 7.17. The molecule has 6 heteroatoms. The van der Waals surface area contributed by atoms with E-state index in [0.717, 1.165) is 22.5 Å². The molecule has 2 aromatic carbocycles. The normalized spacial score (nSPS) is 10.6. The fourth-order valence-corrected chi connectivity index (χ4v) is 2.67. The molecule has 0 spiro atoms. The van der Waals surface area contributed by atoms with E-state index in [1.807, 2.05) is 30.5 Å². The van der Waals surface area contributed by atoms with Gasteiger partial charge in [0.15, 0.2) is 0 Å². The first-order chi connectivity index (χ1) is 12.1. The van der Waals surface area contributed by atoms with E-state index in [4.69, 9.17) is 0 Å². The monoisotopic (exact) mass is 340 g/mol. The molecule has 1 amide bonds. The van der Waals surface area contributed by atoms with Gasteiger partial charge in [-0.25, -0.2) is 9.18 Å². The van der Waals surface area contributed by atoms with Gasteiger partial charge in [-0.15, -0.1) is 0 Å². The van der Waals surface area contributed by atoms with Crippen LogP contribution in [0.2, 0.25) is 0 Å². The van der Waals surface area contributed by atoms with Crippen LogP contribution in [0.5, 0.6) is 0 Å². The second-order valence-electron chi connectivity index (χ2n) is 5.59. The summed E-state index contributed by atoms with van der Waals surface area (Å²) in [5.74, 6) is -1.52. The number of para-hydroxylation sites is 1. The van der Waals surface area contributed by atoms with Crippen LogP contribution in [0.3, 0.4) is 0 Å². The van der Waals surface area contributed by atoms with Gasteiger partial charge in [-0.2, -0.15) is 0 Å². The number of amides is 1. The number of carbonyl (C=O) groups is 2. The number of hydrogen-bond acceptors (Lipinski definition) is 3. The molecule has 3 aromatic rings. The predicted octanol–water partition coefficient (Wildman–Crippen LogP) is 3.66. The van der Waals surface area contributed by atoms with E-state index in [-0.39, 0.29) is 23.6 Å². The summed E-state index contributed by atoms with van der Waals surface area (Å²) in [6.07, 6.45) is 2.59. The number of nitrogens with one attached hydrogen (secondary N) is 2. The van der Waals surface area contributed by atoms with Gasteiger partial charge in [0.2, 0.25) is 5.91 Å². The number of rotatable bonds is 5. The third kappa shape index (κ3) is 3.68. The number of ether oxygens (including phenoxy) is 1. The summed E-state index contributed by atoms with van der Waals surface area (Å²) in [6.45, 7) is 0. The number of methoxy groups -OCH3 is 1. The van der Waals surface area contributed by atoms with Crippen molar-refractivity contribution in [2.45, 2.75) is 12.8 Å². The summed E-state index contributed by atoms with van der Waals surface area (Å²) < 4.78 is 18.4. The lowest BCUT2D eigenvalue weighted by Gasteiger charge is -2.08. The van der Waals surface area contributed by atoms with Crippen LogP contribution < -0.4 is 5.32 Å². The lowest BCUT2D eigenvalue weighted by molar-refractivity contribution is -0.116. The Balaban J connectivity index is 1.67. The third-order valence-corrected chi connectivity index (χ3v) is 3.96. The topological polar surface area (TPSA) is 71.2 Å². The minimum absolute atomic E-state index is 0.0353. The van der Waals surface area contributed by atoms with E-state index in [0.29, 0.717) is 6.42 Å². The zero-order valence-electron chi connectivity index (χ0n) is 13.6. The number of halogens is 1. The van der Waals surface area contributed by atoms with Crippen molar-refractivity contribution in [3.63, 3.8) is 0 Å². The maximum absolute atomic E-state index is 13.8. The molecule has 1 aromatic heterocycles. The van der Waals surface area contributed by atoms with Crippen LogP contribution in [0.1, 0.15) is 22.3 Å². The van der Waals surface area contributed by atoms with Crippen molar-refractivity contribution in [3.8, 4) is 0 Å². The summed E-state index contributed by atoms with van der Waals surface area (Å²) in [5, 5.41) is 3.57. The Morgan fingerprint density at radius 1 is 1.20 bits per heavy atom. The zero-order chi connectivity index (χ0) is 17.8. The molecule has 128 valence electrons. The number of aryl methyl sites for hydroxylation is 1. The van der Waals surface area contributed by atoms with Crippen molar-refractivity contribution >= 4 is 28.5 Å². The lowest BCUT2D eigenvalue weighted by atomic mass is 10.1. The van der Waals surface area contributed by atoms with Gasteiger partial charge in [-0.1, -0.05) is 18.2 Å². The number of aromatic amines is 1. The minimum Gasteiger partial charge on any atom is -0.465 e. The summed E-state index contributed by atoms with van der Waals surface area (Å²) in [5.41, 5.74) is 2.17. The molecule has 0 aliphatic rings. The molecule has 0 saturated heterocycles. The first-order valence-corrected chi connectivity index (χ1v) is 7.81. The molecule has 0 radical (unpaired) electrons. The molecular weight excluding hydrogens is 323 g/mol. The Labute approximate surface area is 143 Å². The molecule has 0 unspecified atom stereocenters. The van der Waals surface area contributed by atoms with Crippen molar-refractivity contribution in [1.29, 1.82) is 0 Å². The lowest BCUT2D eigenvalue weighted by Crippen LogP contribution is -2.14. The van der Waals surface area contributed by atoms with Crippen LogP contribution in [-0.2, 0) is 16.0 Å². The van der Waals surface area contributed by atoms with Crippen LogP contribution in [0.4, 0.5) is 10.1 Å². The van der Waals surface area contributed by atoms with Gasteiger partial charge in [0.05, 0.1) is 18.4 Å². The molecule has 0 bridgehead atoms. The van der Waals surface area contributed by atoms with E-state index in [9.17, 15) is 14.0 Å². The molecule has 0 aliphatic carbocycles. The number of anilines is 1. The predicted molar refractivity (Wildman–Crippen MR) is 93.0 cm³/mol. The first kappa shape index (κ1) is 16.7. The molecule has 0 aliphatic heterocycles. The molecule has 1 heterocycles. The molecule has 25 heavy (non-hydrogen) atoms. The van der Waals surface area contributed by atoms with E-state index < -0.39 is 11.8 Å². The number of carbonyl (C=O) groups excluding carboxylic acids is 2. The van der Waals surface area contributed by atoms with Crippen LogP contribution in [0.15, 0.2) is 48.7 Å². The maximum Gasteiger partial charge on any atom is 0.337 e. The Kier molecular flexibility index (Phi) is 4.79. The molecular formula is C19H17FN2O3. The highest BCUT2D eigenvalue weighted by Gasteiger charge is 2.13. The second-order valence-corrected chi connectivity index (χ2v) is 5.59. The molecule has 2 N–H and O–H groups in total. The Morgan fingerprint density at radius 3 is 2.80 bits per heavy atom. The van der Waals surface area contributed by atoms with E-state index in [1.54, 1.807) is 0 Å². The highest BCUT2D eigenvalue weighted by atomic mass is 19.1. The van der Waals surface area contributed by atoms with Crippen molar-refractivity contribution in [2.75, 3.05) is 12.4 Å². The number of hydrogen-bond donors (Lipinski definition) is 2. The van der Waals surface area contributed by atoms with Crippen LogP contribution in [0, 0.1) is 5.82 Å². The number of aromatic nitrogens is 1. The fraction of sp³-hybridized carbons (Fsp3) is 0.158. The molecule has 0 atom stereocenters. The molecule has 3 rings (SSSR count). The van der Waals surface area contributed by atoms with E-state index in [1.165, 1.54) is 19.2 Å². The summed E-state index contributed by atoms with van der Waals surface area (Å²) in [4.78, 5) is 26.8. The zero-order valence-corrected chi connectivity index (χ0v) is 13.6. The smallest absolute Gasteiger partial charge is 0.337 e. The van der Waals surface area contributed by atoms with Crippen LogP contribution in [-0.4, -0.2) is 24.0 Å². The number of benzene rings is 2. The summed E-state index contributed by atoms with van der Waals surface area (Å²) >= 11 is 0. The molecule has 0 fully saturated rings. The van der Waals surface area contributed by atoms with Crippen molar-refractivity contribution < 1.29 is 18.7 Å². The standard InChI is InChI=1S/C19H17FN2O3/c1-25-19(24)12-6-8-15(20)17(10-12)22-18(23)9-7-13-11-21-16-5-3-2-4-14(13)16/h2-6,8,10-11,21H,7,9H2,1H3,(H,22,23). The summed E-state index contributed by atoms with van der Waals surface area (Å²) in [7, 11) is 1.24. The van der Waals surface area contributed by atoms with Gasteiger partial charge in [0, 0.05) is 23.5 Å². The molecule has 0 saturated carbocycles. The summed E-state index contributed by atoms with van der Waals surface area (Å²) in [6, 6.07) is 11.5. The van der Waals surface area contributed by atoms with Gasteiger partial charge in [-0.05, 0) is 36.2 Å². The van der Waals surface area contributed by atoms with Gasteiger partial charge in [0.1, 0.15) is 5.82 Å². The quantitative estimate of drug-likeness (QED) is 0.696. The van der Waals surface area contributed by atoms with E-state index >= 15 is 0 Å². The largest absolute Gasteiger partial charge is 0.465 e. The van der Waals surface area contributed by atoms with Crippen LogP contribution >= 0.6 is 0 Å². The molecule has 5 nitrogen and oxygen atoms in total. The van der Waals surface area contributed by atoms with Crippen LogP contribution in [0.25, 0.3) is 10.9 Å². The SMILES string of the molecule is COC(=O)c1ccc(F)c(NC(=O)CCc2c[nH]c3ccccc23)c1. The number of H-pyrrole nitrogens is 1.